The van der Waals surface area contributed by atoms with Gasteiger partial charge in [-0.05, 0) is 50.6 Å². The molecule has 0 radical (unpaired) electrons. The topological polar surface area (TPSA) is 12.0 Å². The lowest BCUT2D eigenvalue weighted by atomic mass is 9.84. The number of hydrogen-bond donors (Lipinski definition) is 1. The van der Waals surface area contributed by atoms with Gasteiger partial charge in [-0.15, -0.1) is 12.3 Å². The molecule has 1 saturated carbocycles. The van der Waals surface area contributed by atoms with Crippen molar-refractivity contribution < 1.29 is 0 Å². The van der Waals surface area contributed by atoms with Crippen molar-refractivity contribution >= 4 is 0 Å². The fraction of sp³-hybridized carbons (Fsp3) is 0.875. The quantitative estimate of drug-likeness (QED) is 0.400. The fourth-order valence-electron chi connectivity index (χ4n) is 3.04. The number of rotatable bonds is 7. The molecule has 98 valence electrons. The predicted molar refractivity (Wildman–Crippen MR) is 75.9 cm³/mol. The summed E-state index contributed by atoms with van der Waals surface area (Å²) in [6.07, 6.45) is 17.3. The smallest absolute Gasteiger partial charge is 0.00861 e. The highest BCUT2D eigenvalue weighted by Gasteiger charge is 2.22. The minimum atomic E-state index is 0.904. The molecule has 0 aromatic carbocycles. The summed E-state index contributed by atoms with van der Waals surface area (Å²) in [7, 11) is 0. The van der Waals surface area contributed by atoms with Gasteiger partial charge < -0.3 is 5.32 Å². The molecule has 1 rings (SSSR count). The van der Waals surface area contributed by atoms with Crippen LogP contribution in [0.2, 0.25) is 0 Å². The van der Waals surface area contributed by atoms with Gasteiger partial charge in [0.15, 0.2) is 0 Å². The van der Waals surface area contributed by atoms with Gasteiger partial charge in [-0.2, -0.15) is 0 Å². The van der Waals surface area contributed by atoms with E-state index in [0.29, 0.717) is 0 Å². The molecule has 1 heteroatoms. The Bertz CT molecular complexity index is 216. The molecule has 0 aromatic heterocycles. The number of unbranched alkanes of at least 4 members (excludes halogenated alkanes) is 1. The zero-order chi connectivity index (χ0) is 12.3. The van der Waals surface area contributed by atoms with Gasteiger partial charge in [-0.1, -0.05) is 32.6 Å². The van der Waals surface area contributed by atoms with Crippen LogP contribution in [0.4, 0.5) is 0 Å². The molecule has 0 aliphatic heterocycles. The van der Waals surface area contributed by atoms with Gasteiger partial charge in [0.25, 0.3) is 0 Å². The number of hydrogen-bond acceptors (Lipinski definition) is 1. The van der Waals surface area contributed by atoms with Crippen LogP contribution in [-0.2, 0) is 0 Å². The molecule has 2 atom stereocenters. The molecule has 1 fully saturated rings. The Morgan fingerprint density at radius 3 is 2.65 bits per heavy atom. The van der Waals surface area contributed by atoms with E-state index >= 15 is 0 Å². The standard InChI is InChI=1S/C16H29N/c1-3-5-7-10-15-11-8-6-9-12-16(15)14-17-13-4-2/h1,15-17H,4-14H2,2H3. The van der Waals surface area contributed by atoms with E-state index in [2.05, 4.69) is 18.2 Å². The van der Waals surface area contributed by atoms with Crippen LogP contribution < -0.4 is 5.32 Å². The van der Waals surface area contributed by atoms with E-state index < -0.39 is 0 Å². The highest BCUT2D eigenvalue weighted by atomic mass is 14.9. The molecule has 1 nitrogen and oxygen atoms in total. The first-order chi connectivity index (χ1) is 8.38. The van der Waals surface area contributed by atoms with E-state index in [1.165, 1.54) is 64.5 Å². The molecule has 0 saturated heterocycles. The average molecular weight is 235 g/mol. The normalized spacial score (nSPS) is 25.2. The summed E-state index contributed by atoms with van der Waals surface area (Å²) in [4.78, 5) is 0. The molecular weight excluding hydrogens is 206 g/mol. The average Bonchev–Trinajstić information content (AvgIpc) is 2.56. The second kappa shape index (κ2) is 9.54. The van der Waals surface area contributed by atoms with Gasteiger partial charge in [0.2, 0.25) is 0 Å². The van der Waals surface area contributed by atoms with Crippen LogP contribution in [0.25, 0.3) is 0 Å². The first-order valence-electron chi connectivity index (χ1n) is 7.52. The Morgan fingerprint density at radius 1 is 1.18 bits per heavy atom. The fourth-order valence-corrected chi connectivity index (χ4v) is 3.04. The molecule has 1 N–H and O–H groups in total. The minimum absolute atomic E-state index is 0.904. The van der Waals surface area contributed by atoms with Gasteiger partial charge in [0, 0.05) is 6.42 Å². The monoisotopic (exact) mass is 235 g/mol. The van der Waals surface area contributed by atoms with Crippen molar-refractivity contribution in [2.45, 2.75) is 64.7 Å². The van der Waals surface area contributed by atoms with Gasteiger partial charge in [-0.25, -0.2) is 0 Å². The maximum absolute atomic E-state index is 5.35. The van der Waals surface area contributed by atoms with E-state index in [9.17, 15) is 0 Å². The van der Waals surface area contributed by atoms with Crippen LogP contribution >= 0.6 is 0 Å². The summed E-state index contributed by atoms with van der Waals surface area (Å²) in [5.41, 5.74) is 0. The van der Waals surface area contributed by atoms with E-state index in [1.54, 1.807) is 0 Å². The lowest BCUT2D eigenvalue weighted by molar-refractivity contribution is 0.279. The molecule has 0 amide bonds. The van der Waals surface area contributed by atoms with Crippen LogP contribution in [0.5, 0.6) is 0 Å². The molecule has 0 spiro atoms. The Morgan fingerprint density at radius 2 is 1.94 bits per heavy atom. The zero-order valence-electron chi connectivity index (χ0n) is 11.5. The first-order valence-corrected chi connectivity index (χ1v) is 7.52. The SMILES string of the molecule is C#CCCCC1CCCCCC1CNCCC. The molecule has 0 bridgehead atoms. The second-order valence-corrected chi connectivity index (χ2v) is 5.46. The molecule has 1 aliphatic rings. The third-order valence-electron chi connectivity index (χ3n) is 4.05. The summed E-state index contributed by atoms with van der Waals surface area (Å²) in [6, 6.07) is 0. The first kappa shape index (κ1) is 14.6. The van der Waals surface area contributed by atoms with E-state index in [4.69, 9.17) is 6.42 Å². The maximum atomic E-state index is 5.35. The molecule has 0 heterocycles. The molecule has 2 unspecified atom stereocenters. The van der Waals surface area contributed by atoms with Crippen LogP contribution in [0, 0.1) is 24.2 Å². The zero-order valence-corrected chi connectivity index (χ0v) is 11.5. The van der Waals surface area contributed by atoms with Gasteiger partial charge >= 0.3 is 0 Å². The van der Waals surface area contributed by atoms with Crippen molar-refractivity contribution in [2.75, 3.05) is 13.1 Å². The highest BCUT2D eigenvalue weighted by Crippen LogP contribution is 2.31. The second-order valence-electron chi connectivity index (χ2n) is 5.46. The van der Waals surface area contributed by atoms with Gasteiger partial charge in [-0.3, -0.25) is 0 Å². The molecular formula is C16H29N. The Kier molecular flexibility index (Phi) is 8.18. The molecule has 0 aromatic rings. The van der Waals surface area contributed by atoms with Crippen LogP contribution in [-0.4, -0.2) is 13.1 Å². The Balaban J connectivity index is 2.33. The number of nitrogens with one attached hydrogen (secondary N) is 1. The maximum Gasteiger partial charge on any atom is 0.00861 e. The summed E-state index contributed by atoms with van der Waals surface area (Å²) >= 11 is 0. The summed E-state index contributed by atoms with van der Waals surface area (Å²) in [5.74, 6) is 4.60. The number of terminal acetylenes is 1. The van der Waals surface area contributed by atoms with Crippen molar-refractivity contribution in [3.63, 3.8) is 0 Å². The lowest BCUT2D eigenvalue weighted by Gasteiger charge is -2.25. The Hall–Kier alpha value is -0.480. The third kappa shape index (κ3) is 6.13. The van der Waals surface area contributed by atoms with E-state index in [1.807, 2.05) is 0 Å². The summed E-state index contributed by atoms with van der Waals surface area (Å²) in [5, 5.41) is 3.61. The van der Waals surface area contributed by atoms with Crippen LogP contribution in [0.3, 0.4) is 0 Å². The highest BCUT2D eigenvalue weighted by molar-refractivity contribution is 4.84. The van der Waals surface area contributed by atoms with Crippen molar-refractivity contribution in [3.8, 4) is 12.3 Å². The van der Waals surface area contributed by atoms with Gasteiger partial charge in [0.1, 0.15) is 0 Å². The van der Waals surface area contributed by atoms with Gasteiger partial charge in [0.05, 0.1) is 0 Å². The van der Waals surface area contributed by atoms with Crippen molar-refractivity contribution in [1.82, 2.24) is 5.32 Å². The van der Waals surface area contributed by atoms with Crippen molar-refractivity contribution in [2.24, 2.45) is 11.8 Å². The largest absolute Gasteiger partial charge is 0.316 e. The predicted octanol–water partition coefficient (Wildman–Crippen LogP) is 3.99. The third-order valence-corrected chi connectivity index (χ3v) is 4.05. The summed E-state index contributed by atoms with van der Waals surface area (Å²) < 4.78 is 0. The van der Waals surface area contributed by atoms with Crippen molar-refractivity contribution in [1.29, 1.82) is 0 Å². The van der Waals surface area contributed by atoms with Crippen LogP contribution in [0.15, 0.2) is 0 Å². The molecule has 1 aliphatic carbocycles. The van der Waals surface area contributed by atoms with E-state index in [0.717, 1.165) is 18.3 Å². The summed E-state index contributed by atoms with van der Waals surface area (Å²) in [6.45, 7) is 4.65. The minimum Gasteiger partial charge on any atom is -0.316 e. The van der Waals surface area contributed by atoms with Crippen molar-refractivity contribution in [3.05, 3.63) is 0 Å². The lowest BCUT2D eigenvalue weighted by Crippen LogP contribution is -2.28. The van der Waals surface area contributed by atoms with Crippen LogP contribution in [0.1, 0.15) is 64.7 Å². The van der Waals surface area contributed by atoms with E-state index in [-0.39, 0.29) is 0 Å². The Labute approximate surface area is 108 Å². The molecule has 17 heavy (non-hydrogen) atoms.